The van der Waals surface area contributed by atoms with E-state index >= 15 is 0 Å². The van der Waals surface area contributed by atoms with E-state index in [2.05, 4.69) is 5.32 Å². The fourth-order valence-corrected chi connectivity index (χ4v) is 2.75. The molecule has 0 unspecified atom stereocenters. The topological polar surface area (TPSA) is 62.6 Å². The molecule has 3 rings (SSSR count). The fraction of sp³-hybridized carbons (Fsp3) is 0.500. The molecule has 0 aliphatic carbocycles. The molecule has 5 nitrogen and oxygen atoms in total. The van der Waals surface area contributed by atoms with Crippen molar-refractivity contribution in [3.63, 3.8) is 0 Å². The maximum absolute atomic E-state index is 12.2. The van der Waals surface area contributed by atoms with Crippen LogP contribution >= 0.6 is 0 Å². The molecular weight excluding hydrogens is 220 g/mol. The first-order valence-electron chi connectivity index (χ1n) is 5.86. The number of hydrogen-bond donors (Lipinski definition) is 1. The first-order chi connectivity index (χ1) is 8.25. The smallest absolute Gasteiger partial charge is 0.335 e. The van der Waals surface area contributed by atoms with Crippen LogP contribution in [0.25, 0.3) is 0 Å². The summed E-state index contributed by atoms with van der Waals surface area (Å²) in [5.74, 6) is 0.541. The van der Waals surface area contributed by atoms with Crippen LogP contribution < -0.4 is 10.9 Å². The van der Waals surface area contributed by atoms with Crippen molar-refractivity contribution in [3.8, 4) is 0 Å². The Hall–Kier alpha value is -1.62. The molecule has 17 heavy (non-hydrogen) atoms. The van der Waals surface area contributed by atoms with Crippen LogP contribution in [0.1, 0.15) is 16.8 Å². The number of hydrogen-bond acceptors (Lipinski definition) is 4. The van der Waals surface area contributed by atoms with Crippen LogP contribution in [0.5, 0.6) is 0 Å². The Morgan fingerprint density at radius 2 is 2.29 bits per heavy atom. The highest BCUT2D eigenvalue weighted by atomic mass is 16.4. The summed E-state index contributed by atoms with van der Waals surface area (Å²) in [6, 6.07) is 3.12. The Labute approximate surface area is 98.4 Å². The minimum Gasteiger partial charge on any atom is -0.430 e. The summed E-state index contributed by atoms with van der Waals surface area (Å²) < 4.78 is 4.73. The first kappa shape index (κ1) is 10.5. The zero-order valence-electron chi connectivity index (χ0n) is 9.39. The monoisotopic (exact) mass is 234 g/mol. The molecular formula is C12H14N2O3. The van der Waals surface area contributed by atoms with Crippen molar-refractivity contribution in [1.82, 2.24) is 10.2 Å². The first-order valence-corrected chi connectivity index (χ1v) is 5.86. The second-order valence-corrected chi connectivity index (χ2v) is 4.62. The summed E-state index contributed by atoms with van der Waals surface area (Å²) in [5.41, 5.74) is 0.0283. The van der Waals surface area contributed by atoms with Gasteiger partial charge in [0.1, 0.15) is 6.26 Å². The van der Waals surface area contributed by atoms with Gasteiger partial charge in [-0.05, 0) is 18.4 Å². The number of carbonyl (C=O) groups excluding carboxylic acids is 1. The predicted octanol–water partition coefficient (Wildman–Crippen LogP) is 0.0737. The average molecular weight is 234 g/mol. The van der Waals surface area contributed by atoms with Gasteiger partial charge < -0.3 is 14.6 Å². The van der Waals surface area contributed by atoms with Gasteiger partial charge >= 0.3 is 5.63 Å². The Morgan fingerprint density at radius 3 is 3.06 bits per heavy atom. The van der Waals surface area contributed by atoms with E-state index in [1.54, 1.807) is 0 Å². The summed E-state index contributed by atoms with van der Waals surface area (Å²) in [6.07, 6.45) is 2.31. The lowest BCUT2D eigenvalue weighted by atomic mass is 10.1. The van der Waals surface area contributed by atoms with E-state index in [4.69, 9.17) is 4.42 Å². The molecule has 2 aliphatic rings. The lowest BCUT2D eigenvalue weighted by Gasteiger charge is -2.23. The SMILES string of the molecule is O=C(c1ccc(=O)oc1)N1CC[C@@H]2CNC[C@@H]21. The average Bonchev–Trinajstić information content (AvgIpc) is 2.90. The van der Waals surface area contributed by atoms with Crippen molar-refractivity contribution >= 4 is 5.91 Å². The maximum Gasteiger partial charge on any atom is 0.335 e. The zero-order chi connectivity index (χ0) is 11.8. The van der Waals surface area contributed by atoms with Gasteiger partial charge in [-0.25, -0.2) is 4.79 Å². The molecule has 1 aromatic rings. The summed E-state index contributed by atoms with van der Waals surface area (Å²) in [7, 11) is 0. The van der Waals surface area contributed by atoms with Crippen molar-refractivity contribution in [2.24, 2.45) is 5.92 Å². The third kappa shape index (κ3) is 1.76. The van der Waals surface area contributed by atoms with E-state index in [1.165, 1.54) is 18.4 Å². The zero-order valence-corrected chi connectivity index (χ0v) is 9.39. The Kier molecular flexibility index (Phi) is 2.48. The van der Waals surface area contributed by atoms with E-state index < -0.39 is 5.63 Å². The normalized spacial score (nSPS) is 27.2. The molecule has 2 saturated heterocycles. The third-order valence-corrected chi connectivity index (χ3v) is 3.65. The second kappa shape index (κ2) is 4.00. The van der Waals surface area contributed by atoms with Crippen LogP contribution in [0, 0.1) is 5.92 Å². The molecule has 5 heteroatoms. The number of fused-ring (bicyclic) bond motifs is 1. The number of amides is 1. The van der Waals surface area contributed by atoms with E-state index in [1.807, 2.05) is 4.90 Å². The Balaban J connectivity index is 1.82. The molecule has 90 valence electrons. The van der Waals surface area contributed by atoms with Gasteiger partial charge in [-0.1, -0.05) is 0 Å². The molecule has 2 atom stereocenters. The van der Waals surface area contributed by atoms with Crippen LogP contribution in [-0.4, -0.2) is 36.5 Å². The van der Waals surface area contributed by atoms with E-state index in [0.717, 1.165) is 26.1 Å². The summed E-state index contributed by atoms with van der Waals surface area (Å²) in [5, 5.41) is 3.30. The lowest BCUT2D eigenvalue weighted by Crippen LogP contribution is -2.39. The largest absolute Gasteiger partial charge is 0.430 e. The van der Waals surface area contributed by atoms with Gasteiger partial charge in [0.15, 0.2) is 0 Å². The molecule has 0 saturated carbocycles. The van der Waals surface area contributed by atoms with Crippen molar-refractivity contribution in [3.05, 3.63) is 34.4 Å². The third-order valence-electron chi connectivity index (χ3n) is 3.65. The molecule has 3 heterocycles. The van der Waals surface area contributed by atoms with Crippen LogP contribution in [0.3, 0.4) is 0 Å². The van der Waals surface area contributed by atoms with Gasteiger partial charge in [0, 0.05) is 31.7 Å². The predicted molar refractivity (Wildman–Crippen MR) is 60.8 cm³/mol. The molecule has 0 aromatic carbocycles. The number of rotatable bonds is 1. The summed E-state index contributed by atoms with van der Waals surface area (Å²) in [4.78, 5) is 25.0. The Morgan fingerprint density at radius 1 is 1.41 bits per heavy atom. The fourth-order valence-electron chi connectivity index (χ4n) is 2.75. The van der Waals surface area contributed by atoms with E-state index in [0.29, 0.717) is 17.5 Å². The molecule has 0 spiro atoms. The molecule has 0 radical (unpaired) electrons. The van der Waals surface area contributed by atoms with Crippen molar-refractivity contribution in [2.75, 3.05) is 19.6 Å². The molecule has 2 aliphatic heterocycles. The van der Waals surface area contributed by atoms with Gasteiger partial charge in [0.05, 0.1) is 5.56 Å². The number of nitrogens with one attached hydrogen (secondary N) is 1. The molecule has 1 aromatic heterocycles. The number of likely N-dealkylation sites (tertiary alicyclic amines) is 1. The van der Waals surface area contributed by atoms with Crippen LogP contribution in [0.2, 0.25) is 0 Å². The van der Waals surface area contributed by atoms with Crippen LogP contribution in [0.15, 0.2) is 27.6 Å². The minimum absolute atomic E-state index is 0.0371. The van der Waals surface area contributed by atoms with Crippen molar-refractivity contribution < 1.29 is 9.21 Å². The molecule has 2 fully saturated rings. The van der Waals surface area contributed by atoms with Crippen molar-refractivity contribution in [2.45, 2.75) is 12.5 Å². The lowest BCUT2D eigenvalue weighted by molar-refractivity contribution is 0.0734. The molecule has 1 N–H and O–H groups in total. The Bertz CT molecular complexity index is 476. The quantitative estimate of drug-likeness (QED) is 0.747. The maximum atomic E-state index is 12.2. The van der Waals surface area contributed by atoms with E-state index in [9.17, 15) is 9.59 Å². The summed E-state index contributed by atoms with van der Waals surface area (Å²) >= 11 is 0. The molecule has 1 amide bonds. The number of nitrogens with zero attached hydrogens (tertiary/aromatic N) is 1. The molecule has 0 bridgehead atoms. The van der Waals surface area contributed by atoms with Gasteiger partial charge in [0.25, 0.3) is 5.91 Å². The van der Waals surface area contributed by atoms with Gasteiger partial charge in [-0.3, -0.25) is 4.79 Å². The van der Waals surface area contributed by atoms with Crippen LogP contribution in [-0.2, 0) is 0 Å². The van der Waals surface area contributed by atoms with Gasteiger partial charge in [-0.2, -0.15) is 0 Å². The van der Waals surface area contributed by atoms with Gasteiger partial charge in [0.2, 0.25) is 0 Å². The highest BCUT2D eigenvalue weighted by Gasteiger charge is 2.40. The minimum atomic E-state index is -0.427. The highest BCUT2D eigenvalue weighted by molar-refractivity contribution is 5.94. The standard InChI is InChI=1S/C12H14N2O3/c15-11-2-1-9(7-17-11)12(16)14-4-3-8-5-13-6-10(8)14/h1-2,7-8,10,13H,3-6H2/t8-,10+/m1/s1. The number of carbonyl (C=O) groups is 1. The summed E-state index contributed by atoms with van der Waals surface area (Å²) in [6.45, 7) is 2.67. The highest BCUT2D eigenvalue weighted by Crippen LogP contribution is 2.28. The van der Waals surface area contributed by atoms with Gasteiger partial charge in [-0.15, -0.1) is 0 Å². The van der Waals surface area contributed by atoms with Crippen LogP contribution in [0.4, 0.5) is 0 Å². The van der Waals surface area contributed by atoms with Crippen molar-refractivity contribution in [1.29, 1.82) is 0 Å². The van der Waals surface area contributed by atoms with E-state index in [-0.39, 0.29) is 5.91 Å². The second-order valence-electron chi connectivity index (χ2n) is 4.62.